The molecule has 0 radical (unpaired) electrons. The van der Waals surface area contributed by atoms with Crippen LogP contribution in [0.3, 0.4) is 0 Å². The normalized spacial score (nSPS) is 11.2. The third kappa shape index (κ3) is 3.34. The summed E-state index contributed by atoms with van der Waals surface area (Å²) in [5, 5.41) is 9.23. The van der Waals surface area contributed by atoms with E-state index in [1.54, 1.807) is 43.3 Å². The zero-order valence-electron chi connectivity index (χ0n) is 11.8. The Morgan fingerprint density at radius 2 is 1.90 bits per heavy atom. The van der Waals surface area contributed by atoms with E-state index < -0.39 is 10.0 Å². The summed E-state index contributed by atoms with van der Waals surface area (Å²) >= 11 is 0. The predicted molar refractivity (Wildman–Crippen MR) is 80.9 cm³/mol. The third-order valence-corrected chi connectivity index (χ3v) is 4.70. The van der Waals surface area contributed by atoms with E-state index in [1.807, 2.05) is 0 Å². The van der Waals surface area contributed by atoms with Gasteiger partial charge in [-0.3, -0.25) is 4.72 Å². The number of hydrogen-bond donors (Lipinski definition) is 2. The maximum atomic E-state index is 12.5. The number of benzene rings is 2. The van der Waals surface area contributed by atoms with Gasteiger partial charge in [0.2, 0.25) is 0 Å². The molecule has 0 spiro atoms. The topological polar surface area (TPSA) is 75.6 Å². The first-order chi connectivity index (χ1) is 9.97. The number of aliphatic hydroxyl groups excluding tert-OH is 1. The van der Waals surface area contributed by atoms with Crippen LogP contribution in [-0.2, 0) is 16.6 Å². The quantitative estimate of drug-likeness (QED) is 0.888. The standard InChI is InChI=1S/C15H17NO4S/c1-11-12(10-17)5-3-8-15(11)21(18,19)16-13-6-4-7-14(9-13)20-2/h3-9,16-17H,10H2,1-2H3. The minimum atomic E-state index is -3.72. The van der Waals surface area contributed by atoms with Crippen LogP contribution < -0.4 is 9.46 Å². The Hall–Kier alpha value is -2.05. The number of anilines is 1. The minimum absolute atomic E-state index is 0.150. The average molecular weight is 307 g/mol. The van der Waals surface area contributed by atoms with Crippen LogP contribution >= 0.6 is 0 Å². The summed E-state index contributed by atoms with van der Waals surface area (Å²) in [6, 6.07) is 11.5. The van der Waals surface area contributed by atoms with Gasteiger partial charge in [0.05, 0.1) is 24.3 Å². The average Bonchev–Trinajstić information content (AvgIpc) is 2.47. The van der Waals surface area contributed by atoms with Gasteiger partial charge in [-0.25, -0.2) is 8.42 Å². The summed E-state index contributed by atoms with van der Waals surface area (Å²) in [6.07, 6.45) is 0. The molecular weight excluding hydrogens is 290 g/mol. The molecule has 2 aromatic rings. The Balaban J connectivity index is 2.38. The molecule has 2 rings (SSSR count). The summed E-state index contributed by atoms with van der Waals surface area (Å²) < 4.78 is 32.5. The molecule has 0 aliphatic rings. The molecule has 0 amide bonds. The number of ether oxygens (including phenoxy) is 1. The molecule has 0 unspecified atom stereocenters. The maximum absolute atomic E-state index is 12.5. The Labute approximate surface area is 124 Å². The lowest BCUT2D eigenvalue weighted by Gasteiger charge is -2.13. The van der Waals surface area contributed by atoms with Gasteiger partial charge in [0.25, 0.3) is 10.0 Å². The van der Waals surface area contributed by atoms with Crippen LogP contribution in [0, 0.1) is 6.92 Å². The van der Waals surface area contributed by atoms with Crippen molar-refractivity contribution < 1.29 is 18.3 Å². The van der Waals surface area contributed by atoms with Crippen molar-refractivity contribution in [1.82, 2.24) is 0 Å². The molecule has 0 aliphatic heterocycles. The second-order valence-electron chi connectivity index (χ2n) is 4.54. The number of nitrogens with one attached hydrogen (secondary N) is 1. The van der Waals surface area contributed by atoms with Crippen LogP contribution in [-0.4, -0.2) is 20.6 Å². The molecule has 0 heterocycles. The van der Waals surface area contributed by atoms with Crippen molar-refractivity contribution in [3.63, 3.8) is 0 Å². The highest BCUT2D eigenvalue weighted by Gasteiger charge is 2.18. The fourth-order valence-electron chi connectivity index (χ4n) is 2.02. The van der Waals surface area contributed by atoms with Gasteiger partial charge in [-0.2, -0.15) is 0 Å². The monoisotopic (exact) mass is 307 g/mol. The van der Waals surface area contributed by atoms with Gasteiger partial charge in [0.1, 0.15) is 5.75 Å². The fraction of sp³-hybridized carbons (Fsp3) is 0.200. The largest absolute Gasteiger partial charge is 0.497 e. The van der Waals surface area contributed by atoms with Crippen molar-refractivity contribution in [2.45, 2.75) is 18.4 Å². The lowest BCUT2D eigenvalue weighted by atomic mass is 10.1. The van der Waals surface area contributed by atoms with Gasteiger partial charge in [-0.1, -0.05) is 18.2 Å². The van der Waals surface area contributed by atoms with Gasteiger partial charge in [0.15, 0.2) is 0 Å². The molecule has 112 valence electrons. The number of hydrogen-bond acceptors (Lipinski definition) is 4. The summed E-state index contributed by atoms with van der Waals surface area (Å²) in [5.74, 6) is 0.566. The van der Waals surface area contributed by atoms with Crippen LogP contribution in [0.1, 0.15) is 11.1 Å². The van der Waals surface area contributed by atoms with E-state index in [-0.39, 0.29) is 11.5 Å². The van der Waals surface area contributed by atoms with Crippen molar-refractivity contribution in [3.8, 4) is 5.75 Å². The molecule has 0 bridgehead atoms. The van der Waals surface area contributed by atoms with E-state index >= 15 is 0 Å². The smallest absolute Gasteiger partial charge is 0.262 e. The Morgan fingerprint density at radius 3 is 2.57 bits per heavy atom. The highest BCUT2D eigenvalue weighted by atomic mass is 32.2. The summed E-state index contributed by atoms with van der Waals surface area (Å²) in [5.41, 5.74) is 1.54. The van der Waals surface area contributed by atoms with Crippen molar-refractivity contribution >= 4 is 15.7 Å². The Kier molecular flexibility index (Phi) is 4.50. The van der Waals surface area contributed by atoms with Gasteiger partial charge in [-0.15, -0.1) is 0 Å². The predicted octanol–water partition coefficient (Wildman–Crippen LogP) is 2.30. The molecule has 0 aromatic heterocycles. The van der Waals surface area contributed by atoms with Crippen molar-refractivity contribution in [1.29, 1.82) is 0 Å². The van der Waals surface area contributed by atoms with Gasteiger partial charge >= 0.3 is 0 Å². The van der Waals surface area contributed by atoms with Crippen LogP contribution in [0.5, 0.6) is 5.75 Å². The van der Waals surface area contributed by atoms with Crippen molar-refractivity contribution in [2.75, 3.05) is 11.8 Å². The number of methoxy groups -OCH3 is 1. The second-order valence-corrected chi connectivity index (χ2v) is 6.19. The van der Waals surface area contributed by atoms with Gasteiger partial charge in [-0.05, 0) is 36.2 Å². The highest BCUT2D eigenvalue weighted by Crippen LogP contribution is 2.24. The lowest BCUT2D eigenvalue weighted by molar-refractivity contribution is 0.280. The molecule has 0 atom stereocenters. The van der Waals surface area contributed by atoms with Crippen LogP contribution in [0.15, 0.2) is 47.4 Å². The molecule has 0 aliphatic carbocycles. The number of aliphatic hydroxyl groups is 1. The summed E-state index contributed by atoms with van der Waals surface area (Å²) in [7, 11) is -2.20. The fourth-order valence-corrected chi connectivity index (χ4v) is 3.36. The number of sulfonamides is 1. The second kappa shape index (κ2) is 6.15. The molecule has 5 nitrogen and oxygen atoms in total. The first-order valence-electron chi connectivity index (χ1n) is 6.34. The highest BCUT2D eigenvalue weighted by molar-refractivity contribution is 7.92. The van der Waals surface area contributed by atoms with Crippen LogP contribution in [0.2, 0.25) is 0 Å². The molecule has 6 heteroatoms. The van der Waals surface area contributed by atoms with E-state index in [0.717, 1.165) is 0 Å². The Bertz CT molecular complexity index is 741. The molecule has 2 aromatic carbocycles. The first kappa shape index (κ1) is 15.3. The maximum Gasteiger partial charge on any atom is 0.262 e. The SMILES string of the molecule is COc1cccc(NS(=O)(=O)c2cccc(CO)c2C)c1. The van der Waals surface area contributed by atoms with E-state index in [2.05, 4.69) is 4.72 Å². The van der Waals surface area contributed by atoms with Crippen molar-refractivity contribution in [3.05, 3.63) is 53.6 Å². The van der Waals surface area contributed by atoms with Gasteiger partial charge < -0.3 is 9.84 Å². The molecular formula is C15H17NO4S. The molecule has 0 saturated carbocycles. The Morgan fingerprint density at radius 1 is 1.19 bits per heavy atom. The minimum Gasteiger partial charge on any atom is -0.497 e. The molecule has 2 N–H and O–H groups in total. The molecule has 0 saturated heterocycles. The molecule has 0 fully saturated rings. The van der Waals surface area contributed by atoms with Crippen LogP contribution in [0.25, 0.3) is 0 Å². The summed E-state index contributed by atoms with van der Waals surface area (Å²) in [4.78, 5) is 0.150. The van der Waals surface area contributed by atoms with E-state index in [0.29, 0.717) is 22.6 Å². The lowest BCUT2D eigenvalue weighted by Crippen LogP contribution is -2.15. The summed E-state index contributed by atoms with van der Waals surface area (Å²) in [6.45, 7) is 1.47. The van der Waals surface area contributed by atoms with E-state index in [9.17, 15) is 13.5 Å². The first-order valence-corrected chi connectivity index (χ1v) is 7.82. The third-order valence-electron chi connectivity index (χ3n) is 3.18. The van der Waals surface area contributed by atoms with E-state index in [4.69, 9.17) is 4.74 Å². The zero-order chi connectivity index (χ0) is 15.5. The van der Waals surface area contributed by atoms with E-state index in [1.165, 1.54) is 13.2 Å². The zero-order valence-corrected chi connectivity index (χ0v) is 12.6. The van der Waals surface area contributed by atoms with Crippen molar-refractivity contribution in [2.24, 2.45) is 0 Å². The van der Waals surface area contributed by atoms with Gasteiger partial charge in [0, 0.05) is 6.07 Å². The molecule has 21 heavy (non-hydrogen) atoms. The van der Waals surface area contributed by atoms with Crippen LogP contribution in [0.4, 0.5) is 5.69 Å². The number of rotatable bonds is 5.